The molecule has 0 saturated heterocycles. The number of nitrogens with one attached hydrogen (secondary N) is 1. The van der Waals surface area contributed by atoms with Gasteiger partial charge in [0, 0.05) is 19.8 Å². The molecule has 0 atom stereocenters. The lowest BCUT2D eigenvalue weighted by Crippen LogP contribution is -2.50. The average Bonchev–Trinajstić information content (AvgIpc) is 2.47. The zero-order chi connectivity index (χ0) is 10.8. The van der Waals surface area contributed by atoms with Crippen LogP contribution in [0.15, 0.2) is 12.5 Å². The number of primary amides is 1. The van der Waals surface area contributed by atoms with Crippen molar-refractivity contribution in [2.75, 3.05) is 0 Å². The molecular formula is C9H16N4O. The van der Waals surface area contributed by atoms with Crippen molar-refractivity contribution < 1.29 is 4.79 Å². The number of carbonyl (C=O) groups is 1. The molecule has 1 amide bonds. The van der Waals surface area contributed by atoms with E-state index in [0.717, 1.165) is 5.69 Å². The third-order valence-corrected chi connectivity index (χ3v) is 2.24. The van der Waals surface area contributed by atoms with Crippen molar-refractivity contribution in [2.45, 2.75) is 25.9 Å². The average molecular weight is 196 g/mol. The summed E-state index contributed by atoms with van der Waals surface area (Å²) < 4.78 is 1.89. The number of hydrogen-bond acceptors (Lipinski definition) is 3. The second-order valence-electron chi connectivity index (χ2n) is 3.84. The summed E-state index contributed by atoms with van der Waals surface area (Å²) in [7, 11) is 1.90. The molecule has 0 fully saturated rings. The summed E-state index contributed by atoms with van der Waals surface area (Å²) in [5.74, 6) is -0.361. The molecule has 0 aromatic carbocycles. The van der Waals surface area contributed by atoms with Gasteiger partial charge in [-0.25, -0.2) is 4.98 Å². The molecule has 5 heteroatoms. The molecule has 0 aliphatic carbocycles. The Balaban J connectivity index is 2.57. The van der Waals surface area contributed by atoms with Crippen LogP contribution in [-0.4, -0.2) is 21.0 Å². The van der Waals surface area contributed by atoms with Gasteiger partial charge < -0.3 is 10.3 Å². The topological polar surface area (TPSA) is 72.9 Å². The number of imidazole rings is 1. The number of carbonyl (C=O) groups excluding carboxylic acids is 1. The molecule has 0 saturated carbocycles. The maximum Gasteiger partial charge on any atom is 0.237 e. The minimum absolute atomic E-state index is 0.361. The van der Waals surface area contributed by atoms with Crippen molar-refractivity contribution in [3.8, 4) is 0 Å². The van der Waals surface area contributed by atoms with Crippen LogP contribution in [0, 0.1) is 0 Å². The first kappa shape index (κ1) is 10.7. The van der Waals surface area contributed by atoms with E-state index in [0.29, 0.717) is 6.54 Å². The van der Waals surface area contributed by atoms with Gasteiger partial charge in [-0.2, -0.15) is 0 Å². The van der Waals surface area contributed by atoms with Gasteiger partial charge in [0.05, 0.1) is 17.6 Å². The molecule has 0 bridgehead atoms. The SMILES string of the molecule is Cn1cncc1CNC(C)(C)C(N)=O. The molecular weight excluding hydrogens is 180 g/mol. The number of hydrogen-bond donors (Lipinski definition) is 2. The van der Waals surface area contributed by atoms with Crippen LogP contribution in [0.3, 0.4) is 0 Å². The van der Waals surface area contributed by atoms with Crippen LogP contribution in [0.1, 0.15) is 19.5 Å². The lowest BCUT2D eigenvalue weighted by atomic mass is 10.1. The fourth-order valence-electron chi connectivity index (χ4n) is 0.954. The van der Waals surface area contributed by atoms with E-state index in [1.807, 2.05) is 11.6 Å². The molecule has 0 radical (unpaired) electrons. The Kier molecular flexibility index (Phi) is 2.90. The number of nitrogens with zero attached hydrogens (tertiary/aromatic N) is 2. The maximum absolute atomic E-state index is 11.0. The Bertz CT molecular complexity index is 329. The Morgan fingerprint density at radius 2 is 2.36 bits per heavy atom. The van der Waals surface area contributed by atoms with Crippen LogP contribution in [0.5, 0.6) is 0 Å². The zero-order valence-corrected chi connectivity index (χ0v) is 8.74. The molecule has 3 N–H and O–H groups in total. The molecule has 0 unspecified atom stereocenters. The Labute approximate surface area is 83.3 Å². The number of aromatic nitrogens is 2. The molecule has 5 nitrogen and oxygen atoms in total. The second kappa shape index (κ2) is 3.79. The Morgan fingerprint density at radius 1 is 1.71 bits per heavy atom. The zero-order valence-electron chi connectivity index (χ0n) is 8.74. The predicted molar refractivity (Wildman–Crippen MR) is 53.3 cm³/mol. The van der Waals surface area contributed by atoms with Crippen molar-refractivity contribution in [1.29, 1.82) is 0 Å². The molecule has 1 heterocycles. The minimum Gasteiger partial charge on any atom is -0.368 e. The van der Waals surface area contributed by atoms with Crippen LogP contribution in [0.2, 0.25) is 0 Å². The first-order valence-corrected chi connectivity index (χ1v) is 4.43. The molecule has 1 aromatic rings. The minimum atomic E-state index is -0.690. The van der Waals surface area contributed by atoms with Crippen LogP contribution >= 0.6 is 0 Å². The lowest BCUT2D eigenvalue weighted by molar-refractivity contribution is -0.123. The quantitative estimate of drug-likeness (QED) is 0.699. The molecule has 0 aliphatic rings. The summed E-state index contributed by atoms with van der Waals surface area (Å²) >= 11 is 0. The van der Waals surface area contributed by atoms with Gasteiger partial charge in [0.1, 0.15) is 0 Å². The van der Waals surface area contributed by atoms with E-state index >= 15 is 0 Å². The van der Waals surface area contributed by atoms with Crippen molar-refractivity contribution in [3.05, 3.63) is 18.2 Å². The maximum atomic E-state index is 11.0. The molecule has 0 spiro atoms. The second-order valence-corrected chi connectivity index (χ2v) is 3.84. The Morgan fingerprint density at radius 3 is 2.79 bits per heavy atom. The molecule has 1 rings (SSSR count). The summed E-state index contributed by atoms with van der Waals surface area (Å²) in [5.41, 5.74) is 5.55. The third kappa shape index (κ3) is 2.32. The van der Waals surface area contributed by atoms with Crippen LogP contribution in [0.4, 0.5) is 0 Å². The van der Waals surface area contributed by atoms with E-state index in [4.69, 9.17) is 5.73 Å². The molecule has 1 aromatic heterocycles. The highest BCUT2D eigenvalue weighted by atomic mass is 16.1. The smallest absolute Gasteiger partial charge is 0.237 e. The highest BCUT2D eigenvalue weighted by Gasteiger charge is 2.23. The van der Waals surface area contributed by atoms with Gasteiger partial charge in [-0.3, -0.25) is 10.1 Å². The van der Waals surface area contributed by atoms with Crippen LogP contribution < -0.4 is 11.1 Å². The van der Waals surface area contributed by atoms with E-state index in [1.165, 1.54) is 0 Å². The third-order valence-electron chi connectivity index (χ3n) is 2.24. The summed E-state index contributed by atoms with van der Waals surface area (Å²) in [6, 6.07) is 0. The van der Waals surface area contributed by atoms with Crippen molar-refractivity contribution in [2.24, 2.45) is 12.8 Å². The molecule has 78 valence electrons. The van der Waals surface area contributed by atoms with Gasteiger partial charge >= 0.3 is 0 Å². The van der Waals surface area contributed by atoms with E-state index in [1.54, 1.807) is 26.4 Å². The molecule has 14 heavy (non-hydrogen) atoms. The number of aryl methyl sites for hydroxylation is 1. The summed E-state index contributed by atoms with van der Waals surface area (Å²) in [6.07, 6.45) is 3.47. The van der Waals surface area contributed by atoms with Crippen LogP contribution in [-0.2, 0) is 18.4 Å². The summed E-state index contributed by atoms with van der Waals surface area (Å²) in [6.45, 7) is 4.09. The number of rotatable bonds is 4. The lowest BCUT2D eigenvalue weighted by Gasteiger charge is -2.22. The standard InChI is InChI=1S/C9H16N4O/c1-9(2,8(10)14)12-5-7-4-11-6-13(7)3/h4,6,12H,5H2,1-3H3,(H2,10,14). The fraction of sp³-hybridized carbons (Fsp3) is 0.556. The van der Waals surface area contributed by atoms with Gasteiger partial charge in [-0.1, -0.05) is 0 Å². The Hall–Kier alpha value is -1.36. The van der Waals surface area contributed by atoms with Crippen molar-refractivity contribution >= 4 is 5.91 Å². The van der Waals surface area contributed by atoms with E-state index in [-0.39, 0.29) is 5.91 Å². The highest BCUT2D eigenvalue weighted by Crippen LogP contribution is 2.03. The van der Waals surface area contributed by atoms with Gasteiger partial charge in [0.15, 0.2) is 0 Å². The predicted octanol–water partition coefficient (Wildman–Crippen LogP) is -0.226. The normalized spacial score (nSPS) is 11.6. The molecule has 0 aliphatic heterocycles. The van der Waals surface area contributed by atoms with Crippen molar-refractivity contribution in [1.82, 2.24) is 14.9 Å². The fourth-order valence-corrected chi connectivity index (χ4v) is 0.954. The number of nitrogens with two attached hydrogens (primary N) is 1. The van der Waals surface area contributed by atoms with Crippen molar-refractivity contribution in [3.63, 3.8) is 0 Å². The first-order chi connectivity index (χ1) is 6.43. The number of amides is 1. The van der Waals surface area contributed by atoms with Crippen LogP contribution in [0.25, 0.3) is 0 Å². The van der Waals surface area contributed by atoms with E-state index in [9.17, 15) is 4.79 Å². The van der Waals surface area contributed by atoms with Gasteiger partial charge in [0.2, 0.25) is 5.91 Å². The van der Waals surface area contributed by atoms with E-state index < -0.39 is 5.54 Å². The summed E-state index contributed by atoms with van der Waals surface area (Å²) in [5, 5.41) is 3.07. The largest absolute Gasteiger partial charge is 0.368 e. The van der Waals surface area contributed by atoms with Gasteiger partial charge in [-0.05, 0) is 13.8 Å². The summed E-state index contributed by atoms with van der Waals surface area (Å²) in [4.78, 5) is 15.0. The highest BCUT2D eigenvalue weighted by molar-refractivity contribution is 5.83. The monoisotopic (exact) mass is 196 g/mol. The first-order valence-electron chi connectivity index (χ1n) is 4.43. The van der Waals surface area contributed by atoms with Gasteiger partial charge in [-0.15, -0.1) is 0 Å². The van der Waals surface area contributed by atoms with Gasteiger partial charge in [0.25, 0.3) is 0 Å². The van der Waals surface area contributed by atoms with E-state index in [2.05, 4.69) is 10.3 Å².